The summed E-state index contributed by atoms with van der Waals surface area (Å²) in [6.45, 7) is 4.10. The molecule has 0 radical (unpaired) electrons. The molecule has 3 rings (SSSR count). The number of nitrogens with zero attached hydrogens (tertiary/aromatic N) is 3. The van der Waals surface area contributed by atoms with Gasteiger partial charge in [-0.05, 0) is 44.0 Å². The van der Waals surface area contributed by atoms with Crippen molar-refractivity contribution in [2.75, 3.05) is 42.2 Å². The molecule has 0 saturated carbocycles. The predicted octanol–water partition coefficient (Wildman–Crippen LogP) is 3.70. The maximum Gasteiger partial charge on any atom is 0.224 e. The van der Waals surface area contributed by atoms with Crippen molar-refractivity contribution < 1.29 is 5.11 Å². The van der Waals surface area contributed by atoms with Gasteiger partial charge in [-0.25, -0.2) is 4.98 Å². The Morgan fingerprint density at radius 1 is 0.964 bits per heavy atom. The molecule has 8 heteroatoms. The Morgan fingerprint density at radius 3 is 2.61 bits per heavy atom. The lowest BCUT2D eigenvalue weighted by Gasteiger charge is -2.11. The minimum Gasteiger partial charge on any atom is -0.395 e. The SMILES string of the molecule is Cc1cc(NCCCCNc2ccnc3cc(Cl)ccc23)nc(NCCO)n1. The molecule has 0 saturated heterocycles. The molecule has 1 aromatic carbocycles. The second kappa shape index (κ2) is 10.1. The minimum absolute atomic E-state index is 0.0485. The molecule has 0 fully saturated rings. The van der Waals surface area contributed by atoms with Crippen molar-refractivity contribution in [2.45, 2.75) is 19.8 Å². The van der Waals surface area contributed by atoms with Gasteiger partial charge in [-0.2, -0.15) is 4.98 Å². The maximum absolute atomic E-state index is 8.89. The van der Waals surface area contributed by atoms with Crippen LogP contribution in [0.15, 0.2) is 36.5 Å². The first-order chi connectivity index (χ1) is 13.7. The normalized spacial score (nSPS) is 10.8. The van der Waals surface area contributed by atoms with Gasteiger partial charge in [0.05, 0.1) is 12.1 Å². The summed E-state index contributed by atoms with van der Waals surface area (Å²) in [5, 5.41) is 20.5. The van der Waals surface area contributed by atoms with Crippen LogP contribution in [0.25, 0.3) is 10.9 Å². The summed E-state index contributed by atoms with van der Waals surface area (Å²) < 4.78 is 0. The average Bonchev–Trinajstić information content (AvgIpc) is 2.68. The van der Waals surface area contributed by atoms with Crippen molar-refractivity contribution in [3.8, 4) is 0 Å². The smallest absolute Gasteiger partial charge is 0.224 e. The molecule has 2 aromatic heterocycles. The van der Waals surface area contributed by atoms with Crippen LogP contribution in [0.2, 0.25) is 5.02 Å². The Hall–Kier alpha value is -2.64. The predicted molar refractivity (Wildman–Crippen MR) is 115 cm³/mol. The van der Waals surface area contributed by atoms with E-state index in [0.717, 1.165) is 54.0 Å². The number of benzene rings is 1. The van der Waals surface area contributed by atoms with E-state index in [2.05, 4.69) is 30.9 Å². The lowest BCUT2D eigenvalue weighted by molar-refractivity contribution is 0.311. The van der Waals surface area contributed by atoms with Crippen molar-refractivity contribution in [1.29, 1.82) is 0 Å². The number of hydrogen-bond acceptors (Lipinski definition) is 7. The van der Waals surface area contributed by atoms with E-state index in [1.54, 1.807) is 6.20 Å². The van der Waals surface area contributed by atoms with Crippen LogP contribution in [0.4, 0.5) is 17.5 Å². The summed E-state index contributed by atoms with van der Waals surface area (Å²) in [5.41, 5.74) is 2.84. The van der Waals surface area contributed by atoms with Gasteiger partial charge in [-0.15, -0.1) is 0 Å². The van der Waals surface area contributed by atoms with Gasteiger partial charge >= 0.3 is 0 Å². The summed E-state index contributed by atoms with van der Waals surface area (Å²) in [7, 11) is 0. The highest BCUT2D eigenvalue weighted by molar-refractivity contribution is 6.31. The second-order valence-electron chi connectivity index (χ2n) is 6.45. The number of anilines is 3. The molecule has 0 aliphatic rings. The van der Waals surface area contributed by atoms with Crippen LogP contribution in [0.3, 0.4) is 0 Å². The first-order valence-electron chi connectivity index (χ1n) is 9.38. The van der Waals surface area contributed by atoms with Gasteiger partial charge in [-0.3, -0.25) is 4.98 Å². The molecule has 0 bridgehead atoms. The van der Waals surface area contributed by atoms with E-state index in [-0.39, 0.29) is 6.61 Å². The highest BCUT2D eigenvalue weighted by atomic mass is 35.5. The molecule has 0 aliphatic carbocycles. The van der Waals surface area contributed by atoms with Crippen LogP contribution < -0.4 is 16.0 Å². The van der Waals surface area contributed by atoms with Crippen molar-refractivity contribution >= 4 is 40.0 Å². The second-order valence-corrected chi connectivity index (χ2v) is 6.89. The van der Waals surface area contributed by atoms with Gasteiger partial charge in [0.25, 0.3) is 0 Å². The lowest BCUT2D eigenvalue weighted by atomic mass is 10.2. The fourth-order valence-electron chi connectivity index (χ4n) is 2.87. The van der Waals surface area contributed by atoms with E-state index < -0.39 is 0 Å². The summed E-state index contributed by atoms with van der Waals surface area (Å²) in [5.74, 6) is 1.32. The number of aliphatic hydroxyl groups excluding tert-OH is 1. The van der Waals surface area contributed by atoms with E-state index in [9.17, 15) is 0 Å². The van der Waals surface area contributed by atoms with Gasteiger partial charge in [0.1, 0.15) is 5.82 Å². The lowest BCUT2D eigenvalue weighted by Crippen LogP contribution is -2.12. The van der Waals surface area contributed by atoms with Crippen molar-refractivity contribution in [3.63, 3.8) is 0 Å². The van der Waals surface area contributed by atoms with Crippen LogP contribution >= 0.6 is 11.6 Å². The Kier molecular flexibility index (Phi) is 7.22. The quantitative estimate of drug-likeness (QED) is 0.385. The van der Waals surface area contributed by atoms with Crippen molar-refractivity contribution in [3.05, 3.63) is 47.2 Å². The number of halogens is 1. The molecule has 0 amide bonds. The molecule has 0 aliphatic heterocycles. The number of rotatable bonds is 10. The number of pyridine rings is 1. The van der Waals surface area contributed by atoms with E-state index in [1.165, 1.54) is 0 Å². The third-order valence-corrected chi connectivity index (χ3v) is 4.41. The molecule has 148 valence electrons. The van der Waals surface area contributed by atoms with Gasteiger partial charge in [0, 0.05) is 53.7 Å². The first kappa shape index (κ1) is 20.1. The fourth-order valence-corrected chi connectivity index (χ4v) is 3.04. The molecule has 2 heterocycles. The third-order valence-electron chi connectivity index (χ3n) is 4.18. The Bertz CT molecular complexity index is 920. The number of nitrogens with one attached hydrogen (secondary N) is 3. The van der Waals surface area contributed by atoms with Gasteiger partial charge in [0.2, 0.25) is 5.95 Å². The van der Waals surface area contributed by atoms with E-state index >= 15 is 0 Å². The molecule has 3 aromatic rings. The number of hydrogen-bond donors (Lipinski definition) is 4. The van der Waals surface area contributed by atoms with Gasteiger partial charge < -0.3 is 21.1 Å². The Balaban J connectivity index is 1.44. The molecule has 28 heavy (non-hydrogen) atoms. The van der Waals surface area contributed by atoms with E-state index in [0.29, 0.717) is 17.5 Å². The van der Waals surface area contributed by atoms with Crippen LogP contribution in [0.5, 0.6) is 0 Å². The first-order valence-corrected chi connectivity index (χ1v) is 9.76. The van der Waals surface area contributed by atoms with E-state index in [1.807, 2.05) is 37.3 Å². The maximum atomic E-state index is 8.89. The topological polar surface area (TPSA) is 95.0 Å². The van der Waals surface area contributed by atoms with Gasteiger partial charge in [0.15, 0.2) is 0 Å². The Morgan fingerprint density at radius 2 is 1.79 bits per heavy atom. The van der Waals surface area contributed by atoms with Crippen LogP contribution in [0, 0.1) is 6.92 Å². The molecule has 0 atom stereocenters. The molecular formula is C20H25ClN6O. The minimum atomic E-state index is 0.0485. The summed E-state index contributed by atoms with van der Waals surface area (Å²) >= 11 is 6.04. The largest absolute Gasteiger partial charge is 0.395 e. The number of unbranched alkanes of at least 4 members (excludes halogenated alkanes) is 1. The number of aromatic nitrogens is 3. The monoisotopic (exact) mass is 400 g/mol. The third kappa shape index (κ3) is 5.68. The zero-order chi connectivity index (χ0) is 19.8. The number of aryl methyl sites for hydroxylation is 1. The molecule has 7 nitrogen and oxygen atoms in total. The summed E-state index contributed by atoms with van der Waals surface area (Å²) in [4.78, 5) is 13.1. The molecular weight excluding hydrogens is 376 g/mol. The summed E-state index contributed by atoms with van der Waals surface area (Å²) in [6, 6.07) is 9.65. The van der Waals surface area contributed by atoms with Crippen LogP contribution in [-0.4, -0.2) is 46.3 Å². The molecule has 0 unspecified atom stereocenters. The van der Waals surface area contributed by atoms with Crippen molar-refractivity contribution in [1.82, 2.24) is 15.0 Å². The van der Waals surface area contributed by atoms with Crippen LogP contribution in [0.1, 0.15) is 18.5 Å². The zero-order valence-corrected chi connectivity index (χ0v) is 16.6. The number of fused-ring (bicyclic) bond motifs is 1. The van der Waals surface area contributed by atoms with E-state index in [4.69, 9.17) is 16.7 Å². The standard InChI is InChI=1S/C20H25ClN6O/c1-14-12-19(27-20(26-14)25-10-11-28)24-8-3-2-7-22-17-6-9-23-18-13-15(21)4-5-16(17)18/h4-6,9,12-13,28H,2-3,7-8,10-11H2,1H3,(H,22,23)(H2,24,25,26,27). The Labute approximate surface area is 169 Å². The zero-order valence-electron chi connectivity index (χ0n) is 15.9. The average molecular weight is 401 g/mol. The summed E-state index contributed by atoms with van der Waals surface area (Å²) in [6.07, 6.45) is 3.82. The number of aliphatic hydroxyl groups is 1. The highest BCUT2D eigenvalue weighted by Crippen LogP contribution is 2.24. The highest BCUT2D eigenvalue weighted by Gasteiger charge is 2.03. The van der Waals surface area contributed by atoms with Gasteiger partial charge in [-0.1, -0.05) is 11.6 Å². The molecule has 0 spiro atoms. The van der Waals surface area contributed by atoms with Crippen molar-refractivity contribution in [2.24, 2.45) is 0 Å². The fraction of sp³-hybridized carbons (Fsp3) is 0.350. The van der Waals surface area contributed by atoms with Crippen LogP contribution in [-0.2, 0) is 0 Å². The molecule has 4 N–H and O–H groups in total.